The molecular formula is C7H11Na3O6. The van der Waals surface area contributed by atoms with Gasteiger partial charge in [0.2, 0.25) is 6.16 Å². The summed E-state index contributed by atoms with van der Waals surface area (Å²) in [6, 6.07) is 0. The minimum absolute atomic E-state index is 0. The van der Waals surface area contributed by atoms with Gasteiger partial charge in [0, 0.05) is 5.97 Å². The maximum absolute atomic E-state index is 9.76. The average molecular weight is 260 g/mol. The van der Waals surface area contributed by atoms with E-state index in [1.807, 2.05) is 6.92 Å². The van der Waals surface area contributed by atoms with E-state index in [1.54, 1.807) is 0 Å². The summed E-state index contributed by atoms with van der Waals surface area (Å²) in [7, 11) is 0. The molecule has 0 aliphatic carbocycles. The Morgan fingerprint density at radius 3 is 1.62 bits per heavy atom. The molecule has 6 nitrogen and oxygen atoms in total. The first-order valence-corrected chi connectivity index (χ1v) is 3.75. The van der Waals surface area contributed by atoms with Gasteiger partial charge in [0.25, 0.3) is 0 Å². The molecule has 0 N–H and O–H groups in total. The van der Waals surface area contributed by atoms with Gasteiger partial charge in [0.15, 0.2) is 0 Å². The third-order valence-corrected chi connectivity index (χ3v) is 1.05. The molecule has 0 heterocycles. The summed E-state index contributed by atoms with van der Waals surface area (Å²) in [5.74, 6) is -0.932. The van der Waals surface area contributed by atoms with E-state index in [-0.39, 0.29) is 95.1 Å². The van der Waals surface area contributed by atoms with E-state index in [2.05, 4.69) is 4.89 Å². The molecule has 0 amide bonds. The molecule has 0 spiro atoms. The molecule has 0 saturated heterocycles. The number of carbonyl (C=O) groups is 2. The molecule has 0 saturated carbocycles. The zero-order chi connectivity index (χ0) is 10.7. The predicted molar refractivity (Wildman–Crippen MR) is 35.6 cm³/mol. The monoisotopic (exact) mass is 260 g/mol. The Kier molecular flexibility index (Phi) is 48.8. The van der Waals surface area contributed by atoms with Crippen LogP contribution in [-0.4, -0.2) is 12.1 Å². The fourth-order valence-electron chi connectivity index (χ4n) is 0.519. The Balaban J connectivity index is -0.0000000454. The minimum atomic E-state index is -2.05. The largest absolute Gasteiger partial charge is 1.00 e. The van der Waals surface area contributed by atoms with Crippen LogP contribution in [0, 0.1) is 0 Å². The van der Waals surface area contributed by atoms with Crippen LogP contribution < -0.4 is 104 Å². The van der Waals surface area contributed by atoms with Crippen LogP contribution in [0.1, 0.15) is 32.6 Å². The maximum Gasteiger partial charge on any atom is 1.00 e. The third kappa shape index (κ3) is 44.8. The topological polar surface area (TPSA) is 113 Å². The second kappa shape index (κ2) is 25.5. The molecule has 16 heavy (non-hydrogen) atoms. The van der Waals surface area contributed by atoms with Gasteiger partial charge in [0.1, 0.15) is 0 Å². The van der Waals surface area contributed by atoms with Crippen molar-refractivity contribution in [1.29, 1.82) is 0 Å². The van der Waals surface area contributed by atoms with Crippen LogP contribution in [0.2, 0.25) is 0 Å². The number of hydrogen-bond acceptors (Lipinski definition) is 6. The van der Waals surface area contributed by atoms with Gasteiger partial charge in [-0.25, -0.2) is 0 Å². The van der Waals surface area contributed by atoms with Crippen molar-refractivity contribution in [1.82, 2.24) is 0 Å². The van der Waals surface area contributed by atoms with Gasteiger partial charge in [-0.15, -0.1) is 0 Å². The molecule has 9 heteroatoms. The number of hydrogen-bond donors (Lipinski definition) is 0. The number of carboxylic acids is 1. The SMILES string of the molecule is CCCCCC(=O)[O-].O=C([O-])O[O-].[Na+].[Na+].[Na+]. The molecular weight excluding hydrogens is 249 g/mol. The van der Waals surface area contributed by atoms with Crippen LogP contribution in [0.15, 0.2) is 0 Å². The first-order chi connectivity index (χ1) is 6.04. The van der Waals surface area contributed by atoms with Crippen molar-refractivity contribution in [3.05, 3.63) is 0 Å². The summed E-state index contributed by atoms with van der Waals surface area (Å²) < 4.78 is 0. The van der Waals surface area contributed by atoms with Crippen LogP contribution in [0.5, 0.6) is 0 Å². The summed E-state index contributed by atoms with van der Waals surface area (Å²) in [6.07, 6.45) is 0.985. The minimum Gasteiger partial charge on any atom is -0.755 e. The van der Waals surface area contributed by atoms with Crippen LogP contribution in [0.4, 0.5) is 4.79 Å². The molecule has 0 atom stereocenters. The average Bonchev–Trinajstić information content (AvgIpc) is 2.05. The molecule has 0 aromatic carbocycles. The Morgan fingerprint density at radius 1 is 1.06 bits per heavy atom. The first-order valence-electron chi connectivity index (χ1n) is 3.75. The summed E-state index contributed by atoms with van der Waals surface area (Å²) in [5.41, 5.74) is 0. The molecule has 0 aliphatic rings. The van der Waals surface area contributed by atoms with Gasteiger partial charge in [-0.1, -0.05) is 19.8 Å². The van der Waals surface area contributed by atoms with Gasteiger partial charge >= 0.3 is 88.7 Å². The van der Waals surface area contributed by atoms with Crippen molar-refractivity contribution in [3.8, 4) is 0 Å². The zero-order valence-electron chi connectivity index (χ0n) is 10.3. The fraction of sp³-hybridized carbons (Fsp3) is 0.714. The summed E-state index contributed by atoms with van der Waals surface area (Å²) in [6.45, 7) is 2.04. The number of rotatable bonds is 4. The number of aliphatic carboxylic acids is 1. The smallest absolute Gasteiger partial charge is 0.755 e. The number of carboxylic acid groups (broad SMARTS) is 2. The Bertz CT molecular complexity index is 155. The van der Waals surface area contributed by atoms with Crippen LogP contribution >= 0.6 is 0 Å². The van der Waals surface area contributed by atoms with Crippen molar-refractivity contribution in [3.63, 3.8) is 0 Å². The number of carbonyl (C=O) groups excluding carboxylic acids is 2. The second-order valence-electron chi connectivity index (χ2n) is 2.16. The predicted octanol–water partition coefficient (Wildman–Crippen LogP) is -11.0. The molecule has 0 rings (SSSR count). The van der Waals surface area contributed by atoms with Crippen molar-refractivity contribution in [2.45, 2.75) is 32.6 Å². The van der Waals surface area contributed by atoms with Gasteiger partial charge in [0.05, 0.1) is 0 Å². The molecule has 0 aliphatic heterocycles. The Hall–Kier alpha value is 1.70. The Labute approximate surface area is 161 Å². The van der Waals surface area contributed by atoms with E-state index in [1.165, 1.54) is 0 Å². The van der Waals surface area contributed by atoms with Gasteiger partial charge in [-0.05, 0) is 12.8 Å². The van der Waals surface area contributed by atoms with Crippen LogP contribution in [0.25, 0.3) is 0 Å². The quantitative estimate of drug-likeness (QED) is 0.215. The fourth-order valence-corrected chi connectivity index (χ4v) is 0.519. The summed E-state index contributed by atoms with van der Waals surface area (Å²) in [5, 5.41) is 27.0. The molecule has 0 unspecified atom stereocenters. The van der Waals surface area contributed by atoms with E-state index < -0.39 is 12.1 Å². The molecule has 78 valence electrons. The van der Waals surface area contributed by atoms with E-state index in [0.717, 1.165) is 19.3 Å². The Morgan fingerprint density at radius 2 is 1.44 bits per heavy atom. The number of unbranched alkanes of at least 4 members (excludes halogenated alkanes) is 2. The molecule has 0 aromatic heterocycles. The standard InChI is InChI=1S/C6H12O2.CH2O4.3Na/c1-2-3-4-5-6(7)8;2-1(3)5-4;;;/h2-5H2,1H3,(H,7,8);4H,(H,2,3);;;/q;;3*+1/p-3. The van der Waals surface area contributed by atoms with Gasteiger partial charge in [-0.2, -0.15) is 0 Å². The van der Waals surface area contributed by atoms with E-state index in [4.69, 9.17) is 15.2 Å². The molecule has 0 fully saturated rings. The van der Waals surface area contributed by atoms with Crippen LogP contribution in [-0.2, 0) is 9.68 Å². The van der Waals surface area contributed by atoms with E-state index >= 15 is 0 Å². The molecule has 0 aromatic rings. The maximum atomic E-state index is 9.76. The van der Waals surface area contributed by atoms with E-state index in [0.29, 0.717) is 0 Å². The zero-order valence-corrected chi connectivity index (χ0v) is 16.3. The van der Waals surface area contributed by atoms with Gasteiger partial charge in [-0.3, -0.25) is 0 Å². The van der Waals surface area contributed by atoms with Crippen molar-refractivity contribution in [2.24, 2.45) is 0 Å². The first kappa shape index (κ1) is 30.6. The van der Waals surface area contributed by atoms with Crippen LogP contribution in [0.3, 0.4) is 0 Å². The summed E-state index contributed by atoms with van der Waals surface area (Å²) in [4.78, 5) is 20.8. The second-order valence-corrected chi connectivity index (χ2v) is 2.16. The normalized spacial score (nSPS) is 6.62. The van der Waals surface area contributed by atoms with Crippen molar-refractivity contribution >= 4 is 12.1 Å². The van der Waals surface area contributed by atoms with Gasteiger partial charge < -0.3 is 29.9 Å². The van der Waals surface area contributed by atoms with Crippen molar-refractivity contribution < 1.29 is 119 Å². The molecule has 0 bridgehead atoms. The van der Waals surface area contributed by atoms with Crippen molar-refractivity contribution in [2.75, 3.05) is 0 Å². The molecule has 0 radical (unpaired) electrons. The summed E-state index contributed by atoms with van der Waals surface area (Å²) >= 11 is 0. The third-order valence-electron chi connectivity index (χ3n) is 1.05. The van der Waals surface area contributed by atoms with E-state index in [9.17, 15) is 9.90 Å².